The van der Waals surface area contributed by atoms with E-state index >= 15 is 0 Å². The minimum Gasteiger partial charge on any atom is -0.495 e. The van der Waals surface area contributed by atoms with Gasteiger partial charge >= 0.3 is 5.97 Å². The number of hydrogen-bond donors (Lipinski definition) is 2. The summed E-state index contributed by atoms with van der Waals surface area (Å²) in [5.74, 6) is -1.24. The molecule has 0 fully saturated rings. The van der Waals surface area contributed by atoms with E-state index in [1.807, 2.05) is 0 Å². The van der Waals surface area contributed by atoms with Gasteiger partial charge in [-0.3, -0.25) is 4.79 Å². The van der Waals surface area contributed by atoms with Crippen LogP contribution in [0.1, 0.15) is 23.4 Å². The fraction of sp³-hybridized carbons (Fsp3) is 0.400. The minimum atomic E-state index is -2.83. The van der Waals surface area contributed by atoms with Gasteiger partial charge in [-0.05, 0) is 11.6 Å². The Morgan fingerprint density at radius 2 is 2.29 bits per heavy atom. The summed E-state index contributed by atoms with van der Waals surface area (Å²) in [5, 5.41) is 8.64. The van der Waals surface area contributed by atoms with Crippen LogP contribution in [0.25, 0.3) is 0 Å². The molecule has 0 bridgehead atoms. The first kappa shape index (κ1) is 13.3. The number of nitrogens with two attached hydrogens (primary N) is 1. The van der Waals surface area contributed by atoms with Crippen molar-refractivity contribution >= 4 is 5.97 Å². The van der Waals surface area contributed by atoms with Crippen LogP contribution in [-0.2, 0) is 17.8 Å². The number of methoxy groups -OCH3 is 1. The number of nitrogens with zero attached hydrogens (tertiary/aromatic N) is 1. The molecule has 0 aromatic carbocycles. The fourth-order valence-corrected chi connectivity index (χ4v) is 1.38. The molecule has 1 aromatic rings. The highest BCUT2D eigenvalue weighted by molar-refractivity contribution is 5.70. The van der Waals surface area contributed by atoms with Crippen molar-refractivity contribution in [1.82, 2.24) is 4.98 Å². The molecule has 0 aliphatic heterocycles. The Bertz CT molecular complexity index is 424. The average molecular weight is 246 g/mol. The maximum atomic E-state index is 12.6. The second-order valence-electron chi connectivity index (χ2n) is 3.26. The third kappa shape index (κ3) is 3.10. The van der Waals surface area contributed by atoms with Crippen LogP contribution in [0.4, 0.5) is 8.78 Å². The number of ether oxygens (including phenoxy) is 1. The first-order chi connectivity index (χ1) is 7.99. The van der Waals surface area contributed by atoms with Gasteiger partial charge in [-0.2, -0.15) is 0 Å². The predicted molar refractivity (Wildman–Crippen MR) is 55.0 cm³/mol. The van der Waals surface area contributed by atoms with Crippen LogP contribution >= 0.6 is 0 Å². The van der Waals surface area contributed by atoms with Crippen LogP contribution < -0.4 is 10.5 Å². The molecule has 0 saturated carbocycles. The summed E-state index contributed by atoms with van der Waals surface area (Å²) in [7, 11) is 1.24. The molecule has 0 unspecified atom stereocenters. The van der Waals surface area contributed by atoms with E-state index in [1.165, 1.54) is 13.2 Å². The highest BCUT2D eigenvalue weighted by Gasteiger charge is 2.20. The molecule has 0 saturated heterocycles. The maximum Gasteiger partial charge on any atom is 0.309 e. The standard InChI is InChI=1S/C10H12F2N2O3/c1-17-7-2-5(4-13)6(3-8(15)16)14-9(7)10(11)12/h2,10H,3-4,13H2,1H3,(H,15,16). The van der Waals surface area contributed by atoms with Gasteiger partial charge in [0.25, 0.3) is 6.43 Å². The summed E-state index contributed by atoms with van der Waals surface area (Å²) >= 11 is 0. The second-order valence-corrected chi connectivity index (χ2v) is 3.26. The molecule has 0 radical (unpaired) electrons. The number of pyridine rings is 1. The molecule has 94 valence electrons. The van der Waals surface area contributed by atoms with Gasteiger partial charge in [0.05, 0.1) is 19.2 Å². The Morgan fingerprint density at radius 3 is 2.71 bits per heavy atom. The Kier molecular flexibility index (Phi) is 4.33. The first-order valence-electron chi connectivity index (χ1n) is 4.76. The van der Waals surface area contributed by atoms with E-state index < -0.39 is 24.5 Å². The molecule has 0 amide bonds. The lowest BCUT2D eigenvalue weighted by atomic mass is 10.1. The van der Waals surface area contributed by atoms with Crippen molar-refractivity contribution in [2.45, 2.75) is 19.4 Å². The van der Waals surface area contributed by atoms with E-state index in [1.54, 1.807) is 0 Å². The van der Waals surface area contributed by atoms with Crippen LogP contribution in [0.15, 0.2) is 6.07 Å². The minimum absolute atomic E-state index is 0.00942. The van der Waals surface area contributed by atoms with Crippen LogP contribution in [0, 0.1) is 0 Å². The number of hydrogen-bond acceptors (Lipinski definition) is 4. The molecule has 0 spiro atoms. The van der Waals surface area contributed by atoms with Gasteiger partial charge in [-0.15, -0.1) is 0 Å². The van der Waals surface area contributed by atoms with Gasteiger partial charge in [0.2, 0.25) is 0 Å². The lowest BCUT2D eigenvalue weighted by molar-refractivity contribution is -0.136. The smallest absolute Gasteiger partial charge is 0.309 e. The van der Waals surface area contributed by atoms with Gasteiger partial charge in [-0.25, -0.2) is 13.8 Å². The molecule has 1 heterocycles. The summed E-state index contributed by atoms with van der Waals surface area (Å²) < 4.78 is 30.1. The number of aliphatic carboxylic acids is 1. The number of carbonyl (C=O) groups is 1. The summed E-state index contributed by atoms with van der Waals surface area (Å²) in [6.45, 7) is 0.00942. The van der Waals surface area contributed by atoms with Crippen molar-refractivity contribution < 1.29 is 23.4 Å². The van der Waals surface area contributed by atoms with Crippen LogP contribution in [0.2, 0.25) is 0 Å². The molecule has 0 atom stereocenters. The third-order valence-electron chi connectivity index (χ3n) is 2.15. The quantitative estimate of drug-likeness (QED) is 0.812. The molecule has 1 rings (SSSR count). The van der Waals surface area contributed by atoms with Crippen molar-refractivity contribution in [1.29, 1.82) is 0 Å². The molecular formula is C10H12F2N2O3. The van der Waals surface area contributed by atoms with Gasteiger partial charge in [-0.1, -0.05) is 0 Å². The van der Waals surface area contributed by atoms with Crippen molar-refractivity contribution in [2.75, 3.05) is 7.11 Å². The molecule has 0 aliphatic rings. The maximum absolute atomic E-state index is 12.6. The molecule has 7 heteroatoms. The Balaban J connectivity index is 3.28. The number of carboxylic acid groups (broad SMARTS) is 1. The molecule has 1 aromatic heterocycles. The SMILES string of the molecule is COc1cc(CN)c(CC(=O)O)nc1C(F)F. The molecule has 5 nitrogen and oxygen atoms in total. The van der Waals surface area contributed by atoms with E-state index in [9.17, 15) is 13.6 Å². The third-order valence-corrected chi connectivity index (χ3v) is 2.15. The van der Waals surface area contributed by atoms with E-state index in [0.717, 1.165) is 0 Å². The Labute approximate surface area is 96.2 Å². The van der Waals surface area contributed by atoms with Gasteiger partial charge in [0, 0.05) is 6.54 Å². The highest BCUT2D eigenvalue weighted by Crippen LogP contribution is 2.29. The number of aromatic nitrogens is 1. The van der Waals surface area contributed by atoms with Crippen molar-refractivity contribution in [2.24, 2.45) is 5.73 Å². The Hall–Kier alpha value is -1.76. The van der Waals surface area contributed by atoms with Crippen molar-refractivity contribution in [3.05, 3.63) is 23.0 Å². The molecule has 0 aliphatic carbocycles. The largest absolute Gasteiger partial charge is 0.495 e. The van der Waals surface area contributed by atoms with Gasteiger partial charge < -0.3 is 15.6 Å². The van der Waals surface area contributed by atoms with E-state index in [4.69, 9.17) is 15.6 Å². The van der Waals surface area contributed by atoms with Gasteiger partial charge in [0.1, 0.15) is 11.4 Å². The number of carboxylic acids is 1. The summed E-state index contributed by atoms with van der Waals surface area (Å²) in [6.07, 6.45) is -3.28. The van der Waals surface area contributed by atoms with E-state index in [2.05, 4.69) is 4.98 Å². The molecular weight excluding hydrogens is 234 g/mol. The molecule has 17 heavy (non-hydrogen) atoms. The zero-order valence-corrected chi connectivity index (χ0v) is 9.11. The summed E-state index contributed by atoms with van der Waals surface area (Å²) in [6, 6.07) is 1.30. The van der Waals surface area contributed by atoms with Crippen LogP contribution in [-0.4, -0.2) is 23.2 Å². The normalized spacial score (nSPS) is 10.6. The monoisotopic (exact) mass is 246 g/mol. The zero-order valence-electron chi connectivity index (χ0n) is 9.11. The first-order valence-corrected chi connectivity index (χ1v) is 4.76. The highest BCUT2D eigenvalue weighted by atomic mass is 19.3. The lowest BCUT2D eigenvalue weighted by Gasteiger charge is -2.12. The van der Waals surface area contributed by atoms with Crippen molar-refractivity contribution in [3.8, 4) is 5.75 Å². The van der Waals surface area contributed by atoms with Crippen molar-refractivity contribution in [3.63, 3.8) is 0 Å². The number of rotatable bonds is 5. The topological polar surface area (TPSA) is 85.4 Å². The van der Waals surface area contributed by atoms with E-state index in [-0.39, 0.29) is 18.0 Å². The Morgan fingerprint density at radius 1 is 1.65 bits per heavy atom. The number of alkyl halides is 2. The second kappa shape index (κ2) is 5.53. The lowest BCUT2D eigenvalue weighted by Crippen LogP contribution is -2.12. The average Bonchev–Trinajstić information content (AvgIpc) is 2.27. The van der Waals surface area contributed by atoms with Crippen LogP contribution in [0.5, 0.6) is 5.75 Å². The molecule has 3 N–H and O–H groups in total. The summed E-state index contributed by atoms with van der Waals surface area (Å²) in [5.41, 5.74) is 5.25. The van der Waals surface area contributed by atoms with Gasteiger partial charge in [0.15, 0.2) is 0 Å². The summed E-state index contributed by atoms with van der Waals surface area (Å²) in [4.78, 5) is 14.2. The zero-order chi connectivity index (χ0) is 13.0. The number of halogens is 2. The predicted octanol–water partition coefficient (Wildman–Crippen LogP) is 1.11. The fourth-order valence-electron chi connectivity index (χ4n) is 1.38. The van der Waals surface area contributed by atoms with E-state index in [0.29, 0.717) is 5.56 Å². The van der Waals surface area contributed by atoms with Crippen LogP contribution in [0.3, 0.4) is 0 Å².